The molecule has 0 spiro atoms. The summed E-state index contributed by atoms with van der Waals surface area (Å²) in [5.41, 5.74) is 2.35. The number of rotatable bonds is 2. The number of hydrogen-bond acceptors (Lipinski definition) is 6. The lowest BCUT2D eigenvalue weighted by molar-refractivity contribution is -0.0230. The van der Waals surface area contributed by atoms with E-state index in [0.717, 1.165) is 5.52 Å². The highest BCUT2D eigenvalue weighted by atomic mass is 35.5. The minimum absolute atomic E-state index is 0.219. The number of aliphatic hydroxyl groups is 2. The van der Waals surface area contributed by atoms with Crippen LogP contribution in [0.3, 0.4) is 0 Å². The van der Waals surface area contributed by atoms with Crippen molar-refractivity contribution in [3.05, 3.63) is 46.2 Å². The van der Waals surface area contributed by atoms with Crippen LogP contribution in [0, 0.1) is 0 Å². The van der Waals surface area contributed by atoms with Crippen molar-refractivity contribution in [2.75, 3.05) is 0 Å². The summed E-state index contributed by atoms with van der Waals surface area (Å²) in [5.74, 6) is 0.436. The molecule has 0 aliphatic heterocycles. The largest absolute Gasteiger partial charge is 0.390 e. The van der Waals surface area contributed by atoms with E-state index in [1.807, 2.05) is 0 Å². The van der Waals surface area contributed by atoms with Crippen LogP contribution in [-0.2, 0) is 7.05 Å². The summed E-state index contributed by atoms with van der Waals surface area (Å²) in [6.45, 7) is 0. The number of fused-ring (bicyclic) bond motifs is 2. The molecule has 0 bridgehead atoms. The van der Waals surface area contributed by atoms with Gasteiger partial charge in [0.25, 0.3) is 0 Å². The van der Waals surface area contributed by atoms with Gasteiger partial charge in [0.05, 0.1) is 35.7 Å². The second kappa shape index (κ2) is 6.65. The number of imidazole rings is 1. The molecule has 2 N–H and O–H groups in total. The standard InChI is InChI=1S/C19H19ClN6O3/c1-24-14-9-21-17(12-8-22-25-5-4-10(20)6-13(12)25)23-18(14)26(19(24)29)11-2-3-15(27)16(28)7-11/h4-6,8-9,11,15-16,27-28H,2-3,7H2,1H3/t11-,15-,16+/m1/s1. The van der Waals surface area contributed by atoms with E-state index in [0.29, 0.717) is 46.8 Å². The summed E-state index contributed by atoms with van der Waals surface area (Å²) in [7, 11) is 1.67. The van der Waals surface area contributed by atoms with Crippen molar-refractivity contribution in [1.29, 1.82) is 0 Å². The Morgan fingerprint density at radius 2 is 2.00 bits per heavy atom. The van der Waals surface area contributed by atoms with Crippen LogP contribution in [0.1, 0.15) is 25.3 Å². The monoisotopic (exact) mass is 414 g/mol. The first-order chi connectivity index (χ1) is 13.9. The molecule has 0 aromatic carbocycles. The van der Waals surface area contributed by atoms with E-state index in [1.165, 1.54) is 4.57 Å². The Morgan fingerprint density at radius 1 is 1.17 bits per heavy atom. The van der Waals surface area contributed by atoms with Gasteiger partial charge in [-0.25, -0.2) is 19.3 Å². The fraction of sp³-hybridized carbons (Fsp3) is 0.368. The summed E-state index contributed by atoms with van der Waals surface area (Å²) in [4.78, 5) is 22.0. The Bertz CT molecular complexity index is 1290. The zero-order valence-corrected chi connectivity index (χ0v) is 16.4. The average Bonchev–Trinajstić information content (AvgIpc) is 3.23. The highest BCUT2D eigenvalue weighted by Crippen LogP contribution is 2.31. The van der Waals surface area contributed by atoms with Crippen LogP contribution in [0.4, 0.5) is 0 Å². The van der Waals surface area contributed by atoms with E-state index in [9.17, 15) is 15.0 Å². The predicted octanol–water partition coefficient (Wildman–Crippen LogP) is 1.54. The van der Waals surface area contributed by atoms with E-state index in [2.05, 4.69) is 15.1 Å². The van der Waals surface area contributed by atoms with Crippen molar-refractivity contribution in [2.45, 2.75) is 37.5 Å². The first kappa shape index (κ1) is 18.3. The maximum atomic E-state index is 12.9. The molecule has 3 atom stereocenters. The van der Waals surface area contributed by atoms with Crippen molar-refractivity contribution in [2.24, 2.45) is 7.05 Å². The van der Waals surface area contributed by atoms with E-state index in [-0.39, 0.29) is 11.7 Å². The third kappa shape index (κ3) is 2.85. The molecule has 1 aliphatic carbocycles. The van der Waals surface area contributed by atoms with Gasteiger partial charge in [-0.1, -0.05) is 11.6 Å². The Morgan fingerprint density at radius 3 is 2.79 bits per heavy atom. The van der Waals surface area contributed by atoms with Gasteiger partial charge in [-0.05, 0) is 31.4 Å². The van der Waals surface area contributed by atoms with Crippen molar-refractivity contribution in [3.63, 3.8) is 0 Å². The molecule has 1 fully saturated rings. The molecule has 1 aliphatic rings. The van der Waals surface area contributed by atoms with Gasteiger partial charge >= 0.3 is 5.69 Å². The molecule has 1 saturated carbocycles. The molecule has 9 nitrogen and oxygen atoms in total. The number of aryl methyl sites for hydroxylation is 1. The highest BCUT2D eigenvalue weighted by molar-refractivity contribution is 6.31. The SMILES string of the molecule is Cn1c(=O)n([C@@H]2CC[C@@H](O)[C@@H](O)C2)c2nc(-c3cnn4ccc(Cl)cc34)ncc21. The molecule has 0 saturated heterocycles. The number of pyridine rings is 1. The quantitative estimate of drug-likeness (QED) is 0.515. The van der Waals surface area contributed by atoms with Crippen LogP contribution in [0.2, 0.25) is 5.02 Å². The number of nitrogens with zero attached hydrogens (tertiary/aromatic N) is 6. The minimum atomic E-state index is -0.862. The van der Waals surface area contributed by atoms with Gasteiger partial charge in [-0.3, -0.25) is 9.13 Å². The number of aromatic nitrogens is 6. The molecule has 5 rings (SSSR count). The van der Waals surface area contributed by atoms with Crippen molar-refractivity contribution in [1.82, 2.24) is 28.7 Å². The van der Waals surface area contributed by atoms with Gasteiger partial charge in [0.2, 0.25) is 0 Å². The third-order valence-corrected chi connectivity index (χ3v) is 5.91. The lowest BCUT2D eigenvalue weighted by atomic mass is 9.90. The van der Waals surface area contributed by atoms with Gasteiger partial charge in [0, 0.05) is 24.3 Å². The normalized spacial score (nSPS) is 22.6. The summed E-state index contributed by atoms with van der Waals surface area (Å²) in [6, 6.07) is 3.28. The summed E-state index contributed by atoms with van der Waals surface area (Å²) in [6.07, 6.45) is 4.74. The third-order valence-electron chi connectivity index (χ3n) is 5.68. The van der Waals surface area contributed by atoms with Crippen LogP contribution >= 0.6 is 11.6 Å². The fourth-order valence-corrected chi connectivity index (χ4v) is 4.23. The fourth-order valence-electron chi connectivity index (χ4n) is 4.07. The zero-order valence-electron chi connectivity index (χ0n) is 15.6. The number of halogens is 1. The Kier molecular flexibility index (Phi) is 4.19. The average molecular weight is 415 g/mol. The maximum Gasteiger partial charge on any atom is 0.330 e. The van der Waals surface area contributed by atoms with E-state index >= 15 is 0 Å². The zero-order chi connectivity index (χ0) is 20.3. The highest BCUT2D eigenvalue weighted by Gasteiger charge is 2.31. The van der Waals surface area contributed by atoms with Crippen LogP contribution in [-0.4, -0.2) is 51.1 Å². The number of hydrogen-bond donors (Lipinski definition) is 2. The topological polar surface area (TPSA) is 110 Å². The van der Waals surface area contributed by atoms with Crippen LogP contribution in [0.5, 0.6) is 0 Å². The molecule has 29 heavy (non-hydrogen) atoms. The Balaban J connectivity index is 1.68. The van der Waals surface area contributed by atoms with Gasteiger partial charge in [0.1, 0.15) is 5.52 Å². The van der Waals surface area contributed by atoms with E-state index in [1.54, 1.807) is 46.9 Å². The maximum absolute atomic E-state index is 12.9. The molecule has 4 aromatic heterocycles. The second-order valence-corrected chi connectivity index (χ2v) is 7.89. The second-order valence-electron chi connectivity index (χ2n) is 7.45. The lowest BCUT2D eigenvalue weighted by Crippen LogP contribution is -2.37. The molecule has 150 valence electrons. The Labute approximate surface area is 169 Å². The van der Waals surface area contributed by atoms with E-state index in [4.69, 9.17) is 11.6 Å². The molecule has 0 amide bonds. The van der Waals surface area contributed by atoms with Crippen molar-refractivity contribution in [3.8, 4) is 11.4 Å². The first-order valence-electron chi connectivity index (χ1n) is 9.37. The van der Waals surface area contributed by atoms with Crippen LogP contribution in [0.25, 0.3) is 28.1 Å². The molecule has 0 unspecified atom stereocenters. The predicted molar refractivity (Wildman–Crippen MR) is 107 cm³/mol. The molecule has 0 radical (unpaired) electrons. The first-order valence-corrected chi connectivity index (χ1v) is 9.75. The molecule has 10 heteroatoms. The molecule has 4 heterocycles. The molecular formula is C19H19ClN6O3. The lowest BCUT2D eigenvalue weighted by Gasteiger charge is -2.30. The molecule has 4 aromatic rings. The van der Waals surface area contributed by atoms with Crippen molar-refractivity contribution >= 4 is 28.3 Å². The smallest absolute Gasteiger partial charge is 0.330 e. The summed E-state index contributed by atoms with van der Waals surface area (Å²) < 4.78 is 4.80. The van der Waals surface area contributed by atoms with Crippen LogP contribution in [0.15, 0.2) is 35.5 Å². The van der Waals surface area contributed by atoms with Crippen molar-refractivity contribution < 1.29 is 10.2 Å². The van der Waals surface area contributed by atoms with Gasteiger partial charge in [-0.2, -0.15) is 5.10 Å². The number of aliphatic hydroxyl groups excluding tert-OH is 2. The van der Waals surface area contributed by atoms with Gasteiger partial charge < -0.3 is 10.2 Å². The van der Waals surface area contributed by atoms with Gasteiger partial charge in [-0.15, -0.1) is 0 Å². The van der Waals surface area contributed by atoms with E-state index < -0.39 is 12.2 Å². The Hall–Kier alpha value is -2.75. The van der Waals surface area contributed by atoms with Crippen LogP contribution < -0.4 is 5.69 Å². The minimum Gasteiger partial charge on any atom is -0.390 e. The van der Waals surface area contributed by atoms with Gasteiger partial charge in [0.15, 0.2) is 11.5 Å². The summed E-state index contributed by atoms with van der Waals surface area (Å²) in [5, 5.41) is 24.8. The molecular weight excluding hydrogens is 396 g/mol. The summed E-state index contributed by atoms with van der Waals surface area (Å²) >= 11 is 6.13.